The summed E-state index contributed by atoms with van der Waals surface area (Å²) < 4.78 is 0. The van der Waals surface area contributed by atoms with E-state index in [9.17, 15) is 14.4 Å². The van der Waals surface area contributed by atoms with E-state index in [-0.39, 0.29) is 23.5 Å². The van der Waals surface area contributed by atoms with Crippen LogP contribution in [0.2, 0.25) is 0 Å². The number of nitrogens with zero attached hydrogens (tertiary/aromatic N) is 2. The van der Waals surface area contributed by atoms with Crippen LogP contribution in [0, 0.1) is 6.92 Å². The number of anilines is 1. The summed E-state index contributed by atoms with van der Waals surface area (Å²) in [4.78, 5) is 42.8. The lowest BCUT2D eigenvalue weighted by Gasteiger charge is -2.24. The van der Waals surface area contributed by atoms with Crippen LogP contribution in [-0.2, 0) is 9.59 Å². The standard InChI is InChI=1S/C21H20N2O3S/c1-14-8-10-15(11-9-14)27-13-19(24)23-17-6-3-2-5-16(17)20(25)22-12-4-7-18(22)21(23)26/h2-3,5-6,8-11,18H,4,7,12-13H2,1H3/t18-/m0/s1. The van der Waals surface area contributed by atoms with Gasteiger partial charge in [-0.15, -0.1) is 11.8 Å². The molecule has 4 rings (SSSR count). The zero-order valence-electron chi connectivity index (χ0n) is 15.1. The molecular weight excluding hydrogens is 360 g/mol. The Bertz CT molecular complexity index is 910. The number of hydrogen-bond acceptors (Lipinski definition) is 4. The molecule has 2 aliphatic rings. The van der Waals surface area contributed by atoms with Gasteiger partial charge in [-0.2, -0.15) is 0 Å². The number of rotatable bonds is 3. The van der Waals surface area contributed by atoms with Crippen LogP contribution in [-0.4, -0.2) is 41.0 Å². The van der Waals surface area contributed by atoms with Crippen molar-refractivity contribution in [2.45, 2.75) is 30.7 Å². The van der Waals surface area contributed by atoms with Gasteiger partial charge in [0.05, 0.1) is 17.0 Å². The van der Waals surface area contributed by atoms with Crippen LogP contribution in [0.5, 0.6) is 0 Å². The number of amides is 3. The van der Waals surface area contributed by atoms with Crippen LogP contribution in [0.25, 0.3) is 0 Å². The Morgan fingerprint density at radius 2 is 1.85 bits per heavy atom. The third-order valence-electron chi connectivity index (χ3n) is 5.03. The van der Waals surface area contributed by atoms with Crippen LogP contribution in [0.1, 0.15) is 28.8 Å². The number of fused-ring (bicyclic) bond motifs is 2. The van der Waals surface area contributed by atoms with E-state index in [1.165, 1.54) is 16.7 Å². The minimum absolute atomic E-state index is 0.143. The molecule has 0 N–H and O–H groups in total. The molecule has 1 atom stereocenters. The van der Waals surface area contributed by atoms with E-state index < -0.39 is 6.04 Å². The highest BCUT2D eigenvalue weighted by atomic mass is 32.2. The van der Waals surface area contributed by atoms with Crippen molar-refractivity contribution in [2.24, 2.45) is 0 Å². The second-order valence-corrected chi connectivity index (χ2v) is 7.89. The molecule has 0 bridgehead atoms. The summed E-state index contributed by atoms with van der Waals surface area (Å²) in [6.45, 7) is 2.57. The lowest BCUT2D eigenvalue weighted by Crippen LogP contribution is -2.47. The molecule has 2 aliphatic heterocycles. The molecule has 0 unspecified atom stereocenters. The minimum Gasteiger partial charge on any atom is -0.327 e. The highest BCUT2D eigenvalue weighted by Gasteiger charge is 2.43. The average molecular weight is 380 g/mol. The van der Waals surface area contributed by atoms with Crippen molar-refractivity contribution in [1.82, 2.24) is 4.90 Å². The Labute approximate surface area is 162 Å². The van der Waals surface area contributed by atoms with Crippen LogP contribution < -0.4 is 4.90 Å². The molecule has 2 aromatic rings. The predicted octanol–water partition coefficient (Wildman–Crippen LogP) is 3.27. The van der Waals surface area contributed by atoms with Crippen molar-refractivity contribution in [3.63, 3.8) is 0 Å². The van der Waals surface area contributed by atoms with Crippen molar-refractivity contribution in [3.05, 3.63) is 59.7 Å². The largest absolute Gasteiger partial charge is 0.327 e. The van der Waals surface area contributed by atoms with E-state index >= 15 is 0 Å². The van der Waals surface area contributed by atoms with Crippen LogP contribution >= 0.6 is 11.8 Å². The molecule has 0 saturated carbocycles. The molecule has 0 spiro atoms. The van der Waals surface area contributed by atoms with E-state index in [4.69, 9.17) is 0 Å². The van der Waals surface area contributed by atoms with Crippen molar-refractivity contribution in [1.29, 1.82) is 0 Å². The molecule has 5 nitrogen and oxygen atoms in total. The third-order valence-corrected chi connectivity index (χ3v) is 6.02. The molecule has 27 heavy (non-hydrogen) atoms. The van der Waals surface area contributed by atoms with E-state index in [1.54, 1.807) is 29.2 Å². The Morgan fingerprint density at radius 3 is 2.63 bits per heavy atom. The predicted molar refractivity (Wildman–Crippen MR) is 105 cm³/mol. The summed E-state index contributed by atoms with van der Waals surface area (Å²) in [6, 6.07) is 14.3. The van der Waals surface area contributed by atoms with Crippen LogP contribution in [0.4, 0.5) is 5.69 Å². The molecule has 2 heterocycles. The highest BCUT2D eigenvalue weighted by Crippen LogP contribution is 2.33. The summed E-state index contributed by atoms with van der Waals surface area (Å²) in [5.41, 5.74) is 1.97. The van der Waals surface area contributed by atoms with Gasteiger partial charge < -0.3 is 4.90 Å². The Kier molecular flexibility index (Phi) is 4.74. The molecule has 6 heteroatoms. The van der Waals surface area contributed by atoms with Crippen molar-refractivity contribution in [2.75, 3.05) is 17.2 Å². The first-order valence-corrected chi connectivity index (χ1v) is 10.0. The van der Waals surface area contributed by atoms with Crippen LogP contribution in [0.15, 0.2) is 53.4 Å². The van der Waals surface area contributed by atoms with Gasteiger partial charge in [0.25, 0.3) is 11.8 Å². The molecular formula is C21H20N2O3S. The van der Waals surface area contributed by atoms with Gasteiger partial charge in [0.15, 0.2) is 0 Å². The van der Waals surface area contributed by atoms with Gasteiger partial charge >= 0.3 is 0 Å². The number of thioether (sulfide) groups is 1. The fourth-order valence-electron chi connectivity index (χ4n) is 3.64. The zero-order chi connectivity index (χ0) is 19.0. The summed E-state index contributed by atoms with van der Waals surface area (Å²) >= 11 is 1.40. The first-order valence-electron chi connectivity index (χ1n) is 9.02. The molecule has 1 saturated heterocycles. The fraction of sp³-hybridized carbons (Fsp3) is 0.286. The highest BCUT2D eigenvalue weighted by molar-refractivity contribution is 8.00. The Balaban J connectivity index is 1.64. The topological polar surface area (TPSA) is 57.7 Å². The molecule has 1 fully saturated rings. The van der Waals surface area contributed by atoms with E-state index in [0.29, 0.717) is 24.2 Å². The van der Waals surface area contributed by atoms with Gasteiger partial charge in [0.1, 0.15) is 6.04 Å². The van der Waals surface area contributed by atoms with Crippen molar-refractivity contribution < 1.29 is 14.4 Å². The van der Waals surface area contributed by atoms with Gasteiger partial charge in [-0.05, 0) is 44.0 Å². The maximum absolute atomic E-state index is 13.1. The number of carbonyl (C=O) groups excluding carboxylic acids is 3. The number of hydrogen-bond donors (Lipinski definition) is 0. The maximum atomic E-state index is 13.1. The second kappa shape index (κ2) is 7.19. The van der Waals surface area contributed by atoms with E-state index in [2.05, 4.69) is 0 Å². The summed E-state index contributed by atoms with van der Waals surface area (Å²) in [7, 11) is 0. The van der Waals surface area contributed by atoms with Gasteiger partial charge in [-0.25, -0.2) is 4.90 Å². The monoisotopic (exact) mass is 380 g/mol. The first-order chi connectivity index (χ1) is 13.1. The fourth-order valence-corrected chi connectivity index (χ4v) is 4.39. The second-order valence-electron chi connectivity index (χ2n) is 6.84. The van der Waals surface area contributed by atoms with E-state index in [1.807, 2.05) is 31.2 Å². The summed E-state index contributed by atoms with van der Waals surface area (Å²) in [5, 5.41) is 0. The Morgan fingerprint density at radius 1 is 1.11 bits per heavy atom. The van der Waals surface area contributed by atoms with Crippen molar-refractivity contribution >= 4 is 35.2 Å². The van der Waals surface area contributed by atoms with E-state index in [0.717, 1.165) is 16.9 Å². The molecule has 3 amide bonds. The number of imide groups is 1. The molecule has 0 aromatic heterocycles. The number of para-hydroxylation sites is 1. The molecule has 0 radical (unpaired) electrons. The van der Waals surface area contributed by atoms with Gasteiger partial charge in [0.2, 0.25) is 5.91 Å². The lowest BCUT2D eigenvalue weighted by molar-refractivity contribution is -0.127. The summed E-state index contributed by atoms with van der Waals surface area (Å²) in [6.07, 6.45) is 1.39. The van der Waals surface area contributed by atoms with Crippen LogP contribution in [0.3, 0.4) is 0 Å². The van der Waals surface area contributed by atoms with Gasteiger partial charge in [0, 0.05) is 11.4 Å². The summed E-state index contributed by atoms with van der Waals surface area (Å²) in [5.74, 6) is -0.604. The smallest absolute Gasteiger partial charge is 0.256 e. The van der Waals surface area contributed by atoms with Gasteiger partial charge in [-0.1, -0.05) is 29.8 Å². The molecule has 0 aliphatic carbocycles. The quantitative estimate of drug-likeness (QED) is 0.767. The van der Waals surface area contributed by atoms with Crippen molar-refractivity contribution in [3.8, 4) is 0 Å². The zero-order valence-corrected chi connectivity index (χ0v) is 15.9. The number of benzene rings is 2. The SMILES string of the molecule is Cc1ccc(SCC(=O)N2C(=O)[C@@H]3CCCN3C(=O)c3ccccc32)cc1. The maximum Gasteiger partial charge on any atom is 0.256 e. The first kappa shape index (κ1) is 17.8. The molecule has 138 valence electrons. The normalized spacial score (nSPS) is 18.9. The average Bonchev–Trinajstić information content (AvgIpc) is 3.14. The Hall–Kier alpha value is -2.60. The number of carbonyl (C=O) groups is 3. The number of aryl methyl sites for hydroxylation is 1. The van der Waals surface area contributed by atoms with Gasteiger partial charge in [-0.3, -0.25) is 14.4 Å². The third kappa shape index (κ3) is 3.25. The molecule has 2 aromatic carbocycles. The lowest BCUT2D eigenvalue weighted by atomic mass is 10.1. The minimum atomic E-state index is -0.543.